The fraction of sp³-hybridized carbons (Fsp3) is 0.818. The van der Waals surface area contributed by atoms with Gasteiger partial charge in [0.25, 0.3) is 0 Å². The van der Waals surface area contributed by atoms with Gasteiger partial charge in [0.15, 0.2) is 0 Å². The molecule has 1 aliphatic heterocycles. The molecule has 5 heteroatoms. The Balaban J connectivity index is 2.12. The number of hydrogen-bond acceptors (Lipinski definition) is 4. The van der Waals surface area contributed by atoms with Crippen LogP contribution < -0.4 is 10.6 Å². The van der Waals surface area contributed by atoms with Crippen LogP contribution in [0.15, 0.2) is 0 Å². The van der Waals surface area contributed by atoms with Gasteiger partial charge in [0.1, 0.15) is 0 Å². The lowest BCUT2D eigenvalue weighted by molar-refractivity contribution is -0.143. The van der Waals surface area contributed by atoms with Gasteiger partial charge in [0.2, 0.25) is 5.91 Å². The molecule has 1 amide bonds. The molecule has 16 heavy (non-hydrogen) atoms. The summed E-state index contributed by atoms with van der Waals surface area (Å²) < 4.78 is 4.85. The largest absolute Gasteiger partial charge is 0.466 e. The molecule has 92 valence electrons. The molecule has 1 rings (SSSR count). The van der Waals surface area contributed by atoms with Crippen molar-refractivity contribution in [2.45, 2.75) is 45.2 Å². The van der Waals surface area contributed by atoms with Gasteiger partial charge < -0.3 is 15.4 Å². The summed E-state index contributed by atoms with van der Waals surface area (Å²) >= 11 is 0. The molecular weight excluding hydrogens is 208 g/mol. The van der Waals surface area contributed by atoms with Gasteiger partial charge in [0.05, 0.1) is 13.0 Å². The summed E-state index contributed by atoms with van der Waals surface area (Å²) in [6.45, 7) is 4.87. The van der Waals surface area contributed by atoms with E-state index in [1.165, 1.54) is 0 Å². The lowest BCUT2D eigenvalue weighted by Gasteiger charge is -2.16. The van der Waals surface area contributed by atoms with Gasteiger partial charge in [0, 0.05) is 25.0 Å². The van der Waals surface area contributed by atoms with Crippen LogP contribution in [-0.2, 0) is 14.3 Å². The number of nitrogens with one attached hydrogen (secondary N) is 2. The Hall–Kier alpha value is -1.10. The van der Waals surface area contributed by atoms with Crippen LogP contribution in [0.2, 0.25) is 0 Å². The minimum absolute atomic E-state index is 0.0801. The predicted molar refractivity (Wildman–Crippen MR) is 59.9 cm³/mol. The summed E-state index contributed by atoms with van der Waals surface area (Å²) in [4.78, 5) is 22.1. The van der Waals surface area contributed by atoms with Crippen molar-refractivity contribution in [3.63, 3.8) is 0 Å². The Morgan fingerprint density at radius 3 is 3.00 bits per heavy atom. The highest BCUT2D eigenvalue weighted by Gasteiger charge is 2.21. The predicted octanol–water partition coefficient (Wildman–Crippen LogP) is 0.196. The van der Waals surface area contributed by atoms with Crippen LogP contribution in [0, 0.1) is 0 Å². The highest BCUT2D eigenvalue weighted by Crippen LogP contribution is 2.05. The summed E-state index contributed by atoms with van der Waals surface area (Å²) in [5, 5.41) is 6.09. The second-order valence-corrected chi connectivity index (χ2v) is 4.12. The van der Waals surface area contributed by atoms with Crippen molar-refractivity contribution in [2.24, 2.45) is 0 Å². The van der Waals surface area contributed by atoms with E-state index in [9.17, 15) is 9.59 Å². The molecule has 1 fully saturated rings. The summed E-state index contributed by atoms with van der Waals surface area (Å²) in [6, 6.07) is 0.286. The first-order chi connectivity index (χ1) is 7.61. The van der Waals surface area contributed by atoms with Crippen molar-refractivity contribution in [1.82, 2.24) is 10.6 Å². The second kappa shape index (κ2) is 6.48. The van der Waals surface area contributed by atoms with E-state index in [-0.39, 0.29) is 24.0 Å². The normalized spacial score (nSPS) is 21.6. The molecule has 5 nitrogen and oxygen atoms in total. The van der Waals surface area contributed by atoms with Crippen LogP contribution in [0.5, 0.6) is 0 Å². The molecule has 2 N–H and O–H groups in total. The molecule has 0 aromatic rings. The zero-order valence-electron chi connectivity index (χ0n) is 9.91. The Labute approximate surface area is 95.9 Å². The summed E-state index contributed by atoms with van der Waals surface area (Å²) in [5.74, 6) is -0.0668. The molecule has 2 unspecified atom stereocenters. The van der Waals surface area contributed by atoms with Gasteiger partial charge in [-0.2, -0.15) is 0 Å². The zero-order chi connectivity index (χ0) is 12.0. The van der Waals surface area contributed by atoms with Gasteiger partial charge in [-0.3, -0.25) is 9.59 Å². The molecule has 0 bridgehead atoms. The third-order valence-electron chi connectivity index (χ3n) is 2.58. The molecule has 0 saturated carbocycles. The average molecular weight is 228 g/mol. The number of amides is 1. The number of ether oxygens (including phenoxy) is 1. The molecule has 2 atom stereocenters. The van der Waals surface area contributed by atoms with E-state index < -0.39 is 0 Å². The smallest absolute Gasteiger partial charge is 0.307 e. The van der Waals surface area contributed by atoms with Gasteiger partial charge in [-0.05, 0) is 20.3 Å². The molecular formula is C11H20N2O3. The first-order valence-electron chi connectivity index (χ1n) is 5.80. The summed E-state index contributed by atoms with van der Waals surface area (Å²) in [7, 11) is 0. The molecule has 0 aliphatic carbocycles. The van der Waals surface area contributed by atoms with Gasteiger partial charge in [-0.1, -0.05) is 0 Å². The monoisotopic (exact) mass is 228 g/mol. The van der Waals surface area contributed by atoms with E-state index in [0.717, 1.165) is 6.42 Å². The molecule has 0 radical (unpaired) electrons. The highest BCUT2D eigenvalue weighted by molar-refractivity contribution is 5.78. The van der Waals surface area contributed by atoms with E-state index in [1.54, 1.807) is 6.92 Å². The van der Waals surface area contributed by atoms with Crippen molar-refractivity contribution in [1.29, 1.82) is 0 Å². The van der Waals surface area contributed by atoms with E-state index in [0.29, 0.717) is 26.0 Å². The van der Waals surface area contributed by atoms with Crippen molar-refractivity contribution in [3.05, 3.63) is 0 Å². The maximum absolute atomic E-state index is 11.2. The Morgan fingerprint density at radius 2 is 2.44 bits per heavy atom. The first-order valence-corrected chi connectivity index (χ1v) is 5.80. The number of hydrogen-bond donors (Lipinski definition) is 2. The topological polar surface area (TPSA) is 67.4 Å². The highest BCUT2D eigenvalue weighted by atomic mass is 16.5. The van der Waals surface area contributed by atoms with Crippen LogP contribution in [-0.4, -0.2) is 37.1 Å². The van der Waals surface area contributed by atoms with Gasteiger partial charge in [-0.15, -0.1) is 0 Å². The number of carbonyl (C=O) groups is 2. The minimum Gasteiger partial charge on any atom is -0.466 e. The molecule has 0 aromatic heterocycles. The zero-order valence-corrected chi connectivity index (χ0v) is 9.91. The molecule has 1 aliphatic rings. The first kappa shape index (κ1) is 13.0. The van der Waals surface area contributed by atoms with Crippen LogP contribution in [0.1, 0.15) is 33.1 Å². The summed E-state index contributed by atoms with van der Waals surface area (Å²) in [6.07, 6.45) is 1.85. The van der Waals surface area contributed by atoms with Crippen molar-refractivity contribution in [2.75, 3.05) is 13.2 Å². The lowest BCUT2D eigenvalue weighted by atomic mass is 10.2. The van der Waals surface area contributed by atoms with E-state index >= 15 is 0 Å². The van der Waals surface area contributed by atoms with E-state index in [4.69, 9.17) is 4.74 Å². The van der Waals surface area contributed by atoms with Gasteiger partial charge >= 0.3 is 5.97 Å². The van der Waals surface area contributed by atoms with Crippen molar-refractivity contribution < 1.29 is 14.3 Å². The third-order valence-corrected chi connectivity index (χ3v) is 2.58. The van der Waals surface area contributed by atoms with E-state index in [2.05, 4.69) is 10.6 Å². The SMILES string of the molecule is CCOC(=O)CC(C)NCC1CCC(=O)N1. The quantitative estimate of drug-likeness (QED) is 0.637. The average Bonchev–Trinajstić information content (AvgIpc) is 2.61. The molecule has 1 saturated heterocycles. The number of carbonyl (C=O) groups excluding carboxylic acids is 2. The standard InChI is InChI=1S/C11H20N2O3/c1-3-16-11(15)6-8(2)12-7-9-4-5-10(14)13-9/h8-9,12H,3-7H2,1-2H3,(H,13,14). The number of rotatable bonds is 6. The molecule has 1 heterocycles. The molecule has 0 spiro atoms. The Morgan fingerprint density at radius 1 is 1.69 bits per heavy atom. The minimum atomic E-state index is -0.182. The third kappa shape index (κ3) is 4.61. The molecule has 0 aromatic carbocycles. The van der Waals surface area contributed by atoms with Crippen LogP contribution in [0.4, 0.5) is 0 Å². The summed E-state index contributed by atoms with van der Waals surface area (Å²) in [5.41, 5.74) is 0. The fourth-order valence-electron chi connectivity index (χ4n) is 1.72. The van der Waals surface area contributed by atoms with Crippen molar-refractivity contribution in [3.8, 4) is 0 Å². The Kier molecular flexibility index (Phi) is 5.25. The lowest BCUT2D eigenvalue weighted by Crippen LogP contribution is -2.40. The fourth-order valence-corrected chi connectivity index (χ4v) is 1.72. The van der Waals surface area contributed by atoms with Crippen LogP contribution >= 0.6 is 0 Å². The van der Waals surface area contributed by atoms with Gasteiger partial charge in [-0.25, -0.2) is 0 Å². The number of esters is 1. The van der Waals surface area contributed by atoms with Crippen molar-refractivity contribution >= 4 is 11.9 Å². The second-order valence-electron chi connectivity index (χ2n) is 4.12. The maximum atomic E-state index is 11.2. The van der Waals surface area contributed by atoms with E-state index in [1.807, 2.05) is 6.92 Å². The van der Waals surface area contributed by atoms with Crippen LogP contribution in [0.3, 0.4) is 0 Å². The Bertz CT molecular complexity index is 256. The maximum Gasteiger partial charge on any atom is 0.307 e. The van der Waals surface area contributed by atoms with Crippen LogP contribution in [0.25, 0.3) is 0 Å².